The van der Waals surface area contributed by atoms with Crippen LogP contribution in [0, 0.1) is 0 Å². The van der Waals surface area contributed by atoms with Crippen molar-refractivity contribution in [3.05, 3.63) is 12.4 Å². The van der Waals surface area contributed by atoms with Crippen molar-refractivity contribution in [1.82, 2.24) is 9.78 Å². The molecule has 0 bridgehead atoms. The van der Waals surface area contributed by atoms with Crippen LogP contribution >= 0.6 is 11.6 Å². The van der Waals surface area contributed by atoms with Crippen LogP contribution in [0.25, 0.3) is 0 Å². The van der Waals surface area contributed by atoms with E-state index in [2.05, 4.69) is 5.10 Å². The first-order chi connectivity index (χ1) is 4.97. The Morgan fingerprint density at radius 2 is 2.45 bits per heavy atom. The molecule has 1 unspecified atom stereocenters. The van der Waals surface area contributed by atoms with Crippen LogP contribution in [0.15, 0.2) is 12.4 Å². The van der Waals surface area contributed by atoms with Crippen molar-refractivity contribution >= 4 is 11.6 Å². The minimum absolute atomic E-state index is 0.438. The Morgan fingerprint density at radius 3 is 2.82 bits per heavy atom. The molecule has 0 aliphatic rings. The van der Waals surface area contributed by atoms with Crippen molar-refractivity contribution in [2.75, 3.05) is 0 Å². The third kappa shape index (κ3) is 2.78. The molecule has 0 saturated heterocycles. The van der Waals surface area contributed by atoms with E-state index in [1.807, 2.05) is 0 Å². The Balaban J connectivity index is 2.65. The molecular weight excluding hydrogens is 168 g/mol. The fourth-order valence-corrected chi connectivity index (χ4v) is 0.756. The number of ether oxygens (including phenoxy) is 1. The topological polar surface area (TPSA) is 47.3 Å². The third-order valence-electron chi connectivity index (χ3n) is 0.985. The average Bonchev–Trinajstić information content (AvgIpc) is 2.10. The Hall–Kier alpha value is -0.740. The van der Waals surface area contributed by atoms with Crippen LogP contribution in [0.2, 0.25) is 0 Å². The first kappa shape index (κ1) is 8.36. The van der Waals surface area contributed by atoms with Crippen LogP contribution in [0.5, 0.6) is 5.75 Å². The fourth-order valence-electron chi connectivity index (χ4n) is 0.667. The highest BCUT2D eigenvalue weighted by atomic mass is 35.5. The van der Waals surface area contributed by atoms with Crippen LogP contribution in [0.3, 0.4) is 0 Å². The Kier molecular flexibility index (Phi) is 2.06. The zero-order valence-corrected chi connectivity index (χ0v) is 7.04. The van der Waals surface area contributed by atoms with Crippen LogP contribution in [0.1, 0.15) is 6.92 Å². The van der Waals surface area contributed by atoms with Gasteiger partial charge in [0.1, 0.15) is 0 Å². The molecule has 1 N–H and O–H groups in total. The van der Waals surface area contributed by atoms with Crippen LogP contribution in [0.4, 0.5) is 0 Å². The summed E-state index contributed by atoms with van der Waals surface area (Å²) in [7, 11) is 1.75. The molecule has 0 saturated carbocycles. The fraction of sp³-hybridized carbons (Fsp3) is 0.500. The smallest absolute Gasteiger partial charge is 0.285 e. The van der Waals surface area contributed by atoms with Gasteiger partial charge in [-0.3, -0.25) is 4.68 Å². The summed E-state index contributed by atoms with van der Waals surface area (Å²) in [5, 5.41) is 11.1. The lowest BCUT2D eigenvalue weighted by Crippen LogP contribution is -2.23. The molecule has 0 spiro atoms. The Bertz CT molecular complexity index is 241. The first-order valence-corrected chi connectivity index (χ1v) is 3.44. The normalized spacial score (nSPS) is 16.0. The highest BCUT2D eigenvalue weighted by molar-refractivity contribution is 6.21. The lowest BCUT2D eigenvalue weighted by Gasteiger charge is -2.14. The SMILES string of the molecule is Cn1cc(OC(C)(O)Cl)cn1. The van der Waals surface area contributed by atoms with Crippen molar-refractivity contribution in [1.29, 1.82) is 0 Å². The number of hydrogen-bond donors (Lipinski definition) is 1. The zero-order valence-electron chi connectivity index (χ0n) is 6.28. The molecule has 0 aliphatic carbocycles. The van der Waals surface area contributed by atoms with Crippen LogP contribution in [-0.2, 0) is 7.05 Å². The quantitative estimate of drug-likeness (QED) is 0.533. The summed E-state index contributed by atoms with van der Waals surface area (Å²) in [6.07, 6.45) is 3.08. The predicted octanol–water partition coefficient (Wildman–Crippen LogP) is 0.704. The van der Waals surface area contributed by atoms with E-state index in [1.165, 1.54) is 13.1 Å². The molecule has 0 fully saturated rings. The summed E-state index contributed by atoms with van der Waals surface area (Å²) >= 11 is 5.37. The van der Waals surface area contributed by atoms with Gasteiger partial charge in [0.05, 0.1) is 12.4 Å². The number of hydrogen-bond acceptors (Lipinski definition) is 3. The summed E-state index contributed by atoms with van der Waals surface area (Å²) in [6.45, 7) is 1.33. The third-order valence-corrected chi connectivity index (χ3v) is 1.06. The molecule has 1 aromatic rings. The van der Waals surface area contributed by atoms with E-state index < -0.39 is 5.25 Å². The minimum atomic E-state index is -1.66. The van der Waals surface area contributed by atoms with E-state index in [4.69, 9.17) is 21.4 Å². The summed E-state index contributed by atoms with van der Waals surface area (Å²) < 4.78 is 6.41. The van der Waals surface area contributed by atoms with Crippen molar-refractivity contribution in [3.8, 4) is 5.75 Å². The van der Waals surface area contributed by atoms with Gasteiger partial charge in [0.15, 0.2) is 5.75 Å². The molecule has 0 aromatic carbocycles. The van der Waals surface area contributed by atoms with Crippen LogP contribution in [-0.4, -0.2) is 20.1 Å². The van der Waals surface area contributed by atoms with Gasteiger partial charge in [-0.25, -0.2) is 0 Å². The van der Waals surface area contributed by atoms with Crippen molar-refractivity contribution in [2.45, 2.75) is 12.2 Å². The lowest BCUT2D eigenvalue weighted by molar-refractivity contribution is -0.0441. The lowest BCUT2D eigenvalue weighted by atomic mass is 10.6. The van der Waals surface area contributed by atoms with Gasteiger partial charge in [0.25, 0.3) is 5.25 Å². The number of aryl methyl sites for hydroxylation is 1. The Morgan fingerprint density at radius 1 is 1.82 bits per heavy atom. The van der Waals surface area contributed by atoms with Crippen LogP contribution < -0.4 is 4.74 Å². The van der Waals surface area contributed by atoms with Gasteiger partial charge < -0.3 is 9.84 Å². The highest BCUT2D eigenvalue weighted by Gasteiger charge is 2.17. The highest BCUT2D eigenvalue weighted by Crippen LogP contribution is 2.17. The monoisotopic (exact) mass is 176 g/mol. The van der Waals surface area contributed by atoms with Gasteiger partial charge in [-0.05, 0) is 11.6 Å². The first-order valence-electron chi connectivity index (χ1n) is 3.06. The van der Waals surface area contributed by atoms with Crippen molar-refractivity contribution < 1.29 is 9.84 Å². The van der Waals surface area contributed by atoms with Crippen molar-refractivity contribution in [2.24, 2.45) is 7.05 Å². The largest absolute Gasteiger partial charge is 0.446 e. The second-order valence-corrected chi connectivity index (χ2v) is 3.02. The second-order valence-electron chi connectivity index (χ2n) is 2.32. The molecule has 1 rings (SSSR count). The molecule has 62 valence electrons. The van der Waals surface area contributed by atoms with Gasteiger partial charge in [-0.1, -0.05) is 0 Å². The van der Waals surface area contributed by atoms with Gasteiger partial charge in [-0.2, -0.15) is 5.10 Å². The predicted molar refractivity (Wildman–Crippen MR) is 40.3 cm³/mol. The summed E-state index contributed by atoms with van der Waals surface area (Å²) in [5.74, 6) is 0.438. The number of nitrogens with zero attached hydrogens (tertiary/aromatic N) is 2. The van der Waals surface area contributed by atoms with E-state index in [0.717, 1.165) is 0 Å². The van der Waals surface area contributed by atoms with Gasteiger partial charge in [0.2, 0.25) is 0 Å². The maximum absolute atomic E-state index is 8.99. The minimum Gasteiger partial charge on any atom is -0.446 e. The number of alkyl halides is 1. The molecule has 4 nitrogen and oxygen atoms in total. The molecule has 0 amide bonds. The summed E-state index contributed by atoms with van der Waals surface area (Å²) in [4.78, 5) is 0. The average molecular weight is 177 g/mol. The van der Waals surface area contributed by atoms with Crippen molar-refractivity contribution in [3.63, 3.8) is 0 Å². The van der Waals surface area contributed by atoms with Gasteiger partial charge in [0, 0.05) is 14.0 Å². The zero-order chi connectivity index (χ0) is 8.48. The van der Waals surface area contributed by atoms with Gasteiger partial charge >= 0.3 is 0 Å². The van der Waals surface area contributed by atoms with E-state index in [0.29, 0.717) is 5.75 Å². The Labute approximate surface area is 69.3 Å². The van der Waals surface area contributed by atoms with E-state index in [9.17, 15) is 0 Å². The number of halogens is 1. The van der Waals surface area contributed by atoms with Gasteiger partial charge in [-0.15, -0.1) is 0 Å². The molecular formula is C6H9ClN2O2. The molecule has 1 atom stereocenters. The molecule has 0 radical (unpaired) electrons. The molecule has 5 heteroatoms. The molecule has 1 heterocycles. The van der Waals surface area contributed by atoms with E-state index in [-0.39, 0.29) is 0 Å². The maximum atomic E-state index is 8.99. The second kappa shape index (κ2) is 2.71. The molecule has 11 heavy (non-hydrogen) atoms. The number of rotatable bonds is 2. The standard InChI is InChI=1S/C6H9ClN2O2/c1-6(7,10)11-5-3-8-9(2)4-5/h3-4,10H,1-2H3. The summed E-state index contributed by atoms with van der Waals surface area (Å²) in [5.41, 5.74) is 0. The molecule has 0 aliphatic heterocycles. The van der Waals surface area contributed by atoms with E-state index in [1.54, 1.807) is 17.9 Å². The number of aliphatic hydroxyl groups is 1. The summed E-state index contributed by atoms with van der Waals surface area (Å²) in [6, 6.07) is 0. The van der Waals surface area contributed by atoms with E-state index >= 15 is 0 Å². The number of aromatic nitrogens is 2. The molecule has 1 aromatic heterocycles. The maximum Gasteiger partial charge on any atom is 0.285 e.